The van der Waals surface area contributed by atoms with E-state index in [4.69, 9.17) is 9.97 Å². The lowest BCUT2D eigenvalue weighted by molar-refractivity contribution is -0.116. The molecule has 308 valence electrons. The van der Waals surface area contributed by atoms with E-state index in [1.165, 1.54) is 38.5 Å². The maximum Gasteiger partial charge on any atom is 0.224 e. The van der Waals surface area contributed by atoms with E-state index in [9.17, 15) is 4.79 Å². The zero-order valence-electron chi connectivity index (χ0n) is 34.9. The van der Waals surface area contributed by atoms with Crippen molar-refractivity contribution < 1.29 is 4.79 Å². The first kappa shape index (κ1) is 40.7. The van der Waals surface area contributed by atoms with Crippen LogP contribution in [0.15, 0.2) is 140 Å². The van der Waals surface area contributed by atoms with Crippen LogP contribution >= 0.6 is 12.6 Å². The third-order valence-electron chi connectivity index (χ3n) is 11.7. The first-order valence-corrected chi connectivity index (χ1v) is 22.6. The molecule has 2 aliphatic heterocycles. The van der Waals surface area contributed by atoms with E-state index in [2.05, 4.69) is 161 Å². The van der Waals surface area contributed by atoms with E-state index in [1.54, 1.807) is 0 Å². The maximum atomic E-state index is 13.0. The van der Waals surface area contributed by atoms with Crippen molar-refractivity contribution in [2.24, 2.45) is 0 Å². The molecule has 0 aliphatic carbocycles. The van der Waals surface area contributed by atoms with E-state index in [1.807, 2.05) is 30.3 Å². The van der Waals surface area contributed by atoms with Gasteiger partial charge in [-0.15, -0.1) is 0 Å². The number of thiol groups is 1. The third-order valence-corrected chi connectivity index (χ3v) is 12.0. The van der Waals surface area contributed by atoms with Gasteiger partial charge < -0.3 is 15.3 Å². The highest BCUT2D eigenvalue weighted by Gasteiger charge is 2.19. The Balaban J connectivity index is 1.17. The first-order valence-electron chi connectivity index (χ1n) is 22.0. The van der Waals surface area contributed by atoms with Gasteiger partial charge in [-0.25, -0.2) is 9.97 Å². The molecule has 4 aromatic carbocycles. The molecule has 0 atom stereocenters. The number of amides is 1. The number of benzene rings is 4. The minimum absolute atomic E-state index is 0.0541. The molecule has 0 unspecified atom stereocenters. The van der Waals surface area contributed by atoms with E-state index in [-0.39, 0.29) is 5.91 Å². The molecule has 8 bridgehead atoms. The molecular weight excluding hydrogens is 779 g/mol. The number of carbonyl (C=O) groups is 1. The minimum Gasteiger partial charge on any atom is -0.354 e. The summed E-state index contributed by atoms with van der Waals surface area (Å²) in [5, 5.41) is 3.14. The summed E-state index contributed by atoms with van der Waals surface area (Å²) in [7, 11) is 0. The predicted molar refractivity (Wildman–Crippen MR) is 265 cm³/mol. The van der Waals surface area contributed by atoms with Gasteiger partial charge in [0.2, 0.25) is 5.91 Å². The smallest absolute Gasteiger partial charge is 0.224 e. The number of hydrogen-bond donors (Lipinski definition) is 4. The lowest BCUT2D eigenvalue weighted by Gasteiger charge is -2.09. The van der Waals surface area contributed by atoms with Crippen LogP contribution < -0.4 is 5.32 Å². The van der Waals surface area contributed by atoms with Crippen molar-refractivity contribution in [2.75, 3.05) is 11.1 Å². The molecule has 7 aromatic rings. The summed E-state index contributed by atoms with van der Waals surface area (Å²) in [6.07, 6.45) is 18.4. The third kappa shape index (κ3) is 9.14. The number of aromatic nitrogens is 4. The molecule has 62 heavy (non-hydrogen) atoms. The van der Waals surface area contributed by atoms with Gasteiger partial charge in [0.1, 0.15) is 0 Å². The van der Waals surface area contributed by atoms with Gasteiger partial charge >= 0.3 is 0 Å². The monoisotopic (exact) mass is 829 g/mol. The molecular formula is C55H51N5OS. The Morgan fingerprint density at radius 2 is 0.758 bits per heavy atom. The molecule has 1 amide bonds. The zero-order chi connectivity index (χ0) is 42.1. The van der Waals surface area contributed by atoms with Crippen molar-refractivity contribution in [3.63, 3.8) is 0 Å². The van der Waals surface area contributed by atoms with E-state index < -0.39 is 0 Å². The Bertz CT molecular complexity index is 2860. The molecule has 7 heteroatoms. The molecule has 3 aromatic heterocycles. The Hall–Kier alpha value is -6.70. The molecule has 6 nitrogen and oxygen atoms in total. The average Bonchev–Trinajstić information content (AvgIpc) is 4.16. The Labute approximate surface area is 369 Å². The van der Waals surface area contributed by atoms with Crippen molar-refractivity contribution in [2.45, 2.75) is 57.8 Å². The van der Waals surface area contributed by atoms with Gasteiger partial charge in [-0.05, 0) is 102 Å². The molecule has 9 rings (SSSR count). The summed E-state index contributed by atoms with van der Waals surface area (Å²) in [5.41, 5.74) is 16.2. The lowest BCUT2D eigenvalue weighted by Crippen LogP contribution is -2.10. The summed E-state index contributed by atoms with van der Waals surface area (Å²) in [6, 6.07) is 48.1. The fourth-order valence-electron chi connectivity index (χ4n) is 8.64. The molecule has 0 fully saturated rings. The quantitative estimate of drug-likeness (QED) is 0.0613. The molecule has 0 saturated carbocycles. The standard InChI is InChI=1S/C55H51N5OS/c61-51(24-16-5-3-1-2-4-6-17-37-62)56-42-27-25-41(26-28-42)55-49-35-33-47(59-49)53(39-20-12-8-13-21-39)45-31-29-43(57-45)52(38-18-10-7-11-19-38)44-30-32-46(58-44)54(40-22-14-9-15-23-40)48-34-36-50(55)60-48/h7-15,18-23,25-36,57,60,62H,1-6,16-17,24,37H2,(H,56,61). The van der Waals surface area contributed by atoms with Gasteiger partial charge in [0.25, 0.3) is 0 Å². The van der Waals surface area contributed by atoms with Crippen LogP contribution in [-0.4, -0.2) is 31.6 Å². The molecule has 2 aliphatic rings. The van der Waals surface area contributed by atoms with Gasteiger partial charge in [-0.2, -0.15) is 12.6 Å². The summed E-state index contributed by atoms with van der Waals surface area (Å²) < 4.78 is 0. The number of fused-ring (bicyclic) bond motifs is 8. The fourth-order valence-corrected chi connectivity index (χ4v) is 8.86. The number of nitrogens with one attached hydrogen (secondary N) is 3. The molecule has 0 spiro atoms. The predicted octanol–water partition coefficient (Wildman–Crippen LogP) is 14.7. The Kier molecular flexibility index (Phi) is 12.7. The van der Waals surface area contributed by atoms with Crippen LogP contribution in [-0.2, 0) is 4.79 Å². The number of anilines is 1. The number of hydrogen-bond acceptors (Lipinski definition) is 4. The van der Waals surface area contributed by atoms with Crippen molar-refractivity contribution in [1.82, 2.24) is 19.9 Å². The van der Waals surface area contributed by atoms with Gasteiger partial charge in [0.05, 0.1) is 22.8 Å². The van der Waals surface area contributed by atoms with Crippen LogP contribution in [0, 0.1) is 0 Å². The number of unbranched alkanes of at least 4 members (excludes halogenated alkanes) is 7. The zero-order valence-corrected chi connectivity index (χ0v) is 35.8. The maximum absolute atomic E-state index is 13.0. The molecule has 3 N–H and O–H groups in total. The number of carbonyl (C=O) groups excluding carboxylic acids is 1. The molecule has 0 saturated heterocycles. The van der Waals surface area contributed by atoms with Crippen LogP contribution in [0.25, 0.3) is 90.9 Å². The second-order valence-corrected chi connectivity index (χ2v) is 16.5. The first-order chi connectivity index (χ1) is 30.6. The highest BCUT2D eigenvalue weighted by atomic mass is 32.1. The fraction of sp³-hybridized carbons (Fsp3) is 0.182. The lowest BCUT2D eigenvalue weighted by atomic mass is 10.0. The molecule has 0 radical (unpaired) electrons. The highest BCUT2D eigenvalue weighted by Crippen LogP contribution is 2.38. The van der Waals surface area contributed by atoms with Gasteiger partial charge in [-0.3, -0.25) is 4.79 Å². The van der Waals surface area contributed by atoms with E-state index >= 15 is 0 Å². The Morgan fingerprint density at radius 3 is 1.13 bits per heavy atom. The highest BCUT2D eigenvalue weighted by molar-refractivity contribution is 7.80. The topological polar surface area (TPSA) is 86.5 Å². The van der Waals surface area contributed by atoms with Crippen molar-refractivity contribution in [1.29, 1.82) is 0 Å². The number of aromatic amines is 2. The van der Waals surface area contributed by atoms with Crippen molar-refractivity contribution in [3.8, 4) is 44.5 Å². The van der Waals surface area contributed by atoms with Crippen LogP contribution in [0.3, 0.4) is 0 Å². The number of rotatable bonds is 15. The number of H-pyrrole nitrogens is 2. The van der Waals surface area contributed by atoms with Crippen molar-refractivity contribution in [3.05, 3.63) is 162 Å². The number of nitrogens with zero attached hydrogens (tertiary/aromatic N) is 2. The summed E-state index contributed by atoms with van der Waals surface area (Å²) in [6.45, 7) is 0. The second kappa shape index (κ2) is 19.3. The summed E-state index contributed by atoms with van der Waals surface area (Å²) in [5.74, 6) is 1.03. The summed E-state index contributed by atoms with van der Waals surface area (Å²) in [4.78, 5) is 31.5. The Morgan fingerprint density at radius 1 is 0.419 bits per heavy atom. The SMILES string of the molecule is O=C(CCCCCCCCCCS)Nc1ccc(-c2c3nc(c(-c4ccccc4)c4ccc([nH]4)c(-c4ccccc4)c4nc(c(-c5ccccc5)c5ccc2[nH]5)C=C4)C=C3)cc1. The second-order valence-electron chi connectivity index (χ2n) is 16.0. The van der Waals surface area contributed by atoms with Crippen molar-refractivity contribution >= 4 is 70.6 Å². The summed E-state index contributed by atoms with van der Waals surface area (Å²) >= 11 is 4.31. The van der Waals surface area contributed by atoms with Gasteiger partial charge in [0, 0.05) is 56.4 Å². The van der Waals surface area contributed by atoms with E-state index in [0.717, 1.165) is 114 Å². The van der Waals surface area contributed by atoms with Crippen LogP contribution in [0.5, 0.6) is 0 Å². The normalized spacial score (nSPS) is 11.9. The molecule has 5 heterocycles. The van der Waals surface area contributed by atoms with Gasteiger partial charge in [-0.1, -0.05) is 142 Å². The van der Waals surface area contributed by atoms with Crippen LogP contribution in [0.1, 0.15) is 80.6 Å². The largest absolute Gasteiger partial charge is 0.354 e. The minimum atomic E-state index is 0.0541. The van der Waals surface area contributed by atoms with Crippen LogP contribution in [0.4, 0.5) is 5.69 Å². The van der Waals surface area contributed by atoms with Crippen LogP contribution in [0.2, 0.25) is 0 Å². The van der Waals surface area contributed by atoms with Gasteiger partial charge in [0.15, 0.2) is 0 Å². The average molecular weight is 830 g/mol. The van der Waals surface area contributed by atoms with E-state index in [0.29, 0.717) is 6.42 Å².